The standard InChI is InChI=1S/C12H16O3/c1-3-14-12(13)11-8(2)15-10-7-5-4-6-9(10)11/h3-7H2,1-2H3. The Bertz CT molecular complexity index is 376. The molecule has 0 unspecified atom stereocenters. The Hall–Kier alpha value is -1.25. The Morgan fingerprint density at radius 3 is 2.87 bits per heavy atom. The SMILES string of the molecule is CCOC(=O)c1c(C)oc2c1CCCC2. The molecule has 0 N–H and O–H groups in total. The molecule has 0 saturated heterocycles. The smallest absolute Gasteiger partial charge is 0.341 e. The highest BCUT2D eigenvalue weighted by Gasteiger charge is 2.25. The monoisotopic (exact) mass is 208 g/mol. The van der Waals surface area contributed by atoms with Crippen LogP contribution in [0.2, 0.25) is 0 Å². The molecule has 0 aliphatic heterocycles. The highest BCUT2D eigenvalue weighted by Crippen LogP contribution is 2.29. The molecule has 0 saturated carbocycles. The largest absolute Gasteiger partial charge is 0.465 e. The first-order valence-electron chi connectivity index (χ1n) is 5.52. The predicted octanol–water partition coefficient (Wildman–Crippen LogP) is 2.64. The van der Waals surface area contributed by atoms with E-state index >= 15 is 0 Å². The number of esters is 1. The van der Waals surface area contributed by atoms with E-state index < -0.39 is 0 Å². The van der Waals surface area contributed by atoms with Crippen molar-refractivity contribution in [2.45, 2.75) is 39.5 Å². The maximum absolute atomic E-state index is 11.7. The number of fused-ring (bicyclic) bond motifs is 1. The molecule has 82 valence electrons. The van der Waals surface area contributed by atoms with Crippen LogP contribution in [0.25, 0.3) is 0 Å². The van der Waals surface area contributed by atoms with Gasteiger partial charge in [0.15, 0.2) is 0 Å². The number of hydrogen-bond donors (Lipinski definition) is 0. The number of ether oxygens (including phenoxy) is 1. The van der Waals surface area contributed by atoms with Crippen LogP contribution in [0, 0.1) is 6.92 Å². The van der Waals surface area contributed by atoms with E-state index in [1.165, 1.54) is 0 Å². The van der Waals surface area contributed by atoms with Crippen molar-refractivity contribution >= 4 is 5.97 Å². The van der Waals surface area contributed by atoms with E-state index in [4.69, 9.17) is 9.15 Å². The number of rotatable bonds is 2. The van der Waals surface area contributed by atoms with Gasteiger partial charge in [0.25, 0.3) is 0 Å². The topological polar surface area (TPSA) is 39.4 Å². The number of carbonyl (C=O) groups is 1. The van der Waals surface area contributed by atoms with Gasteiger partial charge >= 0.3 is 5.97 Å². The molecule has 0 radical (unpaired) electrons. The number of aryl methyl sites for hydroxylation is 2. The first-order chi connectivity index (χ1) is 7.24. The van der Waals surface area contributed by atoms with Gasteiger partial charge in [0.05, 0.1) is 6.61 Å². The summed E-state index contributed by atoms with van der Waals surface area (Å²) in [5.41, 5.74) is 1.75. The maximum Gasteiger partial charge on any atom is 0.341 e. The zero-order valence-corrected chi connectivity index (χ0v) is 9.26. The van der Waals surface area contributed by atoms with Gasteiger partial charge in [0, 0.05) is 12.0 Å². The van der Waals surface area contributed by atoms with Crippen LogP contribution in [0.5, 0.6) is 0 Å². The van der Waals surface area contributed by atoms with E-state index in [0.29, 0.717) is 17.9 Å². The van der Waals surface area contributed by atoms with Crippen LogP contribution in [0.4, 0.5) is 0 Å². The van der Waals surface area contributed by atoms with Crippen molar-refractivity contribution in [2.24, 2.45) is 0 Å². The fraction of sp³-hybridized carbons (Fsp3) is 0.583. The first kappa shape index (κ1) is 10.3. The van der Waals surface area contributed by atoms with Crippen LogP contribution < -0.4 is 0 Å². The maximum atomic E-state index is 11.7. The summed E-state index contributed by atoms with van der Waals surface area (Å²) in [4.78, 5) is 11.7. The summed E-state index contributed by atoms with van der Waals surface area (Å²) in [6, 6.07) is 0. The van der Waals surface area contributed by atoms with Crippen molar-refractivity contribution in [3.8, 4) is 0 Å². The molecule has 1 heterocycles. The Balaban J connectivity index is 2.37. The quantitative estimate of drug-likeness (QED) is 0.701. The van der Waals surface area contributed by atoms with Crippen LogP contribution >= 0.6 is 0 Å². The van der Waals surface area contributed by atoms with Crippen LogP contribution in [0.15, 0.2) is 4.42 Å². The van der Waals surface area contributed by atoms with E-state index in [0.717, 1.165) is 37.0 Å². The molecule has 3 nitrogen and oxygen atoms in total. The van der Waals surface area contributed by atoms with Crippen molar-refractivity contribution in [1.82, 2.24) is 0 Å². The zero-order chi connectivity index (χ0) is 10.8. The molecule has 0 atom stereocenters. The summed E-state index contributed by atoms with van der Waals surface area (Å²) in [6.45, 7) is 4.07. The summed E-state index contributed by atoms with van der Waals surface area (Å²) in [5.74, 6) is 1.46. The van der Waals surface area contributed by atoms with Crippen molar-refractivity contribution in [2.75, 3.05) is 6.61 Å². The van der Waals surface area contributed by atoms with Gasteiger partial charge in [-0.3, -0.25) is 0 Å². The number of carbonyl (C=O) groups excluding carboxylic acids is 1. The molecule has 0 spiro atoms. The van der Waals surface area contributed by atoms with Crippen LogP contribution in [0.3, 0.4) is 0 Å². The van der Waals surface area contributed by atoms with Crippen molar-refractivity contribution in [3.05, 3.63) is 22.6 Å². The van der Waals surface area contributed by atoms with Crippen LogP contribution in [-0.2, 0) is 17.6 Å². The summed E-state index contributed by atoms with van der Waals surface area (Å²) in [7, 11) is 0. The lowest BCUT2D eigenvalue weighted by atomic mass is 9.95. The van der Waals surface area contributed by atoms with Gasteiger partial charge in [0.1, 0.15) is 17.1 Å². The molecule has 3 heteroatoms. The molecule has 15 heavy (non-hydrogen) atoms. The number of hydrogen-bond acceptors (Lipinski definition) is 3. The van der Waals surface area contributed by atoms with Gasteiger partial charge in [-0.15, -0.1) is 0 Å². The predicted molar refractivity (Wildman–Crippen MR) is 56.0 cm³/mol. The van der Waals surface area contributed by atoms with E-state index in [1.54, 1.807) is 0 Å². The van der Waals surface area contributed by atoms with Gasteiger partial charge in [-0.05, 0) is 33.1 Å². The molecule has 0 aromatic carbocycles. The average Bonchev–Trinajstić information content (AvgIpc) is 2.54. The second kappa shape index (κ2) is 4.09. The normalized spacial score (nSPS) is 14.8. The van der Waals surface area contributed by atoms with Gasteiger partial charge in [-0.2, -0.15) is 0 Å². The van der Waals surface area contributed by atoms with Crippen molar-refractivity contribution in [1.29, 1.82) is 0 Å². The third-order valence-electron chi connectivity index (χ3n) is 2.83. The molecule has 2 rings (SSSR count). The van der Waals surface area contributed by atoms with Gasteiger partial charge in [0.2, 0.25) is 0 Å². The molecular formula is C12H16O3. The minimum absolute atomic E-state index is 0.234. The fourth-order valence-electron chi connectivity index (χ4n) is 2.17. The summed E-state index contributed by atoms with van der Waals surface area (Å²) in [6.07, 6.45) is 4.19. The van der Waals surface area contributed by atoms with Gasteiger partial charge in [-0.25, -0.2) is 4.79 Å². The first-order valence-corrected chi connectivity index (χ1v) is 5.52. The summed E-state index contributed by atoms with van der Waals surface area (Å²) < 4.78 is 10.6. The third-order valence-corrected chi connectivity index (χ3v) is 2.83. The fourth-order valence-corrected chi connectivity index (χ4v) is 2.17. The van der Waals surface area contributed by atoms with Gasteiger partial charge in [-0.1, -0.05) is 0 Å². The minimum Gasteiger partial charge on any atom is -0.465 e. The van der Waals surface area contributed by atoms with E-state index in [2.05, 4.69) is 0 Å². The highest BCUT2D eigenvalue weighted by molar-refractivity contribution is 5.92. The lowest BCUT2D eigenvalue weighted by Gasteiger charge is -2.10. The lowest BCUT2D eigenvalue weighted by molar-refractivity contribution is 0.0523. The highest BCUT2D eigenvalue weighted by atomic mass is 16.5. The molecule has 0 fully saturated rings. The second-order valence-electron chi connectivity index (χ2n) is 3.86. The Labute approximate surface area is 89.4 Å². The Kier molecular flexibility index (Phi) is 2.80. The molecule has 1 aromatic heterocycles. The summed E-state index contributed by atoms with van der Waals surface area (Å²) in [5, 5.41) is 0. The third kappa shape index (κ3) is 1.78. The minimum atomic E-state index is -0.234. The Morgan fingerprint density at radius 2 is 2.13 bits per heavy atom. The van der Waals surface area contributed by atoms with E-state index in [9.17, 15) is 4.79 Å². The van der Waals surface area contributed by atoms with Crippen LogP contribution in [0.1, 0.15) is 47.2 Å². The van der Waals surface area contributed by atoms with E-state index in [-0.39, 0.29) is 5.97 Å². The van der Waals surface area contributed by atoms with Crippen LogP contribution in [-0.4, -0.2) is 12.6 Å². The lowest BCUT2D eigenvalue weighted by Crippen LogP contribution is -2.10. The molecular weight excluding hydrogens is 192 g/mol. The molecule has 1 aliphatic carbocycles. The molecule has 1 aromatic rings. The summed E-state index contributed by atoms with van der Waals surface area (Å²) >= 11 is 0. The molecule has 1 aliphatic rings. The zero-order valence-electron chi connectivity index (χ0n) is 9.26. The van der Waals surface area contributed by atoms with Crippen molar-refractivity contribution in [3.63, 3.8) is 0 Å². The van der Waals surface area contributed by atoms with E-state index in [1.807, 2.05) is 13.8 Å². The molecule has 0 amide bonds. The van der Waals surface area contributed by atoms with Crippen molar-refractivity contribution < 1.29 is 13.9 Å². The Morgan fingerprint density at radius 1 is 1.40 bits per heavy atom. The molecule has 0 bridgehead atoms. The second-order valence-corrected chi connectivity index (χ2v) is 3.86. The number of furan rings is 1. The van der Waals surface area contributed by atoms with Gasteiger partial charge < -0.3 is 9.15 Å². The average molecular weight is 208 g/mol.